The van der Waals surface area contributed by atoms with Crippen LogP contribution in [0.5, 0.6) is 28.7 Å². The van der Waals surface area contributed by atoms with Crippen molar-refractivity contribution in [2.75, 3.05) is 0 Å². The second-order valence-electron chi connectivity index (χ2n) is 8.70. The van der Waals surface area contributed by atoms with Gasteiger partial charge >= 0.3 is 0 Å². The Morgan fingerprint density at radius 1 is 0.647 bits per heavy atom. The van der Waals surface area contributed by atoms with Crippen LogP contribution in [0.4, 0.5) is 0 Å². The monoisotopic (exact) mass is 672 g/mol. The van der Waals surface area contributed by atoms with Crippen molar-refractivity contribution in [2.24, 2.45) is 0 Å². The first kappa shape index (κ1) is 21.8. The number of fused-ring (bicyclic) bond motifs is 6. The van der Waals surface area contributed by atoms with Crippen LogP contribution in [0.15, 0.2) is 72.8 Å². The van der Waals surface area contributed by atoms with Gasteiger partial charge in [-0.1, -0.05) is 24.3 Å². The predicted molar refractivity (Wildman–Crippen MR) is 150 cm³/mol. The molecule has 0 saturated carbocycles. The van der Waals surface area contributed by atoms with Gasteiger partial charge in [0.1, 0.15) is 28.7 Å². The van der Waals surface area contributed by atoms with E-state index >= 15 is 0 Å². The molecular formula is C28H18I2O4. The molecule has 0 amide bonds. The van der Waals surface area contributed by atoms with E-state index in [9.17, 15) is 15.3 Å². The quantitative estimate of drug-likeness (QED) is 0.159. The Kier molecular flexibility index (Phi) is 4.90. The van der Waals surface area contributed by atoms with Gasteiger partial charge in [0.05, 0.1) is 12.6 Å². The third-order valence-electron chi connectivity index (χ3n) is 6.74. The summed E-state index contributed by atoms with van der Waals surface area (Å²) < 4.78 is 8.02. The SMILES string of the molecule is CC1(c2cc(I)c(O)c(I)c2)c2c(ccc3cc(O)ccc23)Oc2ccc3cc(O)ccc3c21. The van der Waals surface area contributed by atoms with Crippen molar-refractivity contribution >= 4 is 66.7 Å². The van der Waals surface area contributed by atoms with Gasteiger partial charge in [-0.25, -0.2) is 0 Å². The van der Waals surface area contributed by atoms with E-state index < -0.39 is 5.41 Å². The number of phenols is 3. The maximum absolute atomic E-state index is 10.5. The molecule has 5 aromatic rings. The summed E-state index contributed by atoms with van der Waals surface area (Å²) >= 11 is 4.34. The summed E-state index contributed by atoms with van der Waals surface area (Å²) in [6, 6.07) is 22.7. The lowest BCUT2D eigenvalue weighted by Gasteiger charge is -2.40. The minimum atomic E-state index is -0.649. The first-order valence-electron chi connectivity index (χ1n) is 10.7. The molecule has 5 aromatic carbocycles. The number of phenolic OH excluding ortho intramolecular Hbond substituents is 3. The van der Waals surface area contributed by atoms with Crippen molar-refractivity contribution in [1.82, 2.24) is 0 Å². The van der Waals surface area contributed by atoms with Crippen LogP contribution in [0.1, 0.15) is 23.6 Å². The Morgan fingerprint density at radius 2 is 1.12 bits per heavy atom. The van der Waals surface area contributed by atoms with Crippen LogP contribution in [0.2, 0.25) is 0 Å². The molecular weight excluding hydrogens is 654 g/mol. The Labute approximate surface area is 223 Å². The molecule has 0 saturated heterocycles. The van der Waals surface area contributed by atoms with Gasteiger partial charge in [0.15, 0.2) is 0 Å². The lowest BCUT2D eigenvalue weighted by molar-refractivity contribution is 0.430. The van der Waals surface area contributed by atoms with E-state index in [2.05, 4.69) is 52.1 Å². The summed E-state index contributed by atoms with van der Waals surface area (Å²) in [7, 11) is 0. The summed E-state index contributed by atoms with van der Waals surface area (Å²) in [5, 5.41) is 34.6. The third kappa shape index (κ3) is 3.07. The number of rotatable bonds is 1. The fraction of sp³-hybridized carbons (Fsp3) is 0.0714. The van der Waals surface area contributed by atoms with Crippen molar-refractivity contribution in [3.8, 4) is 28.7 Å². The van der Waals surface area contributed by atoms with Crippen LogP contribution in [0, 0.1) is 7.14 Å². The highest BCUT2D eigenvalue weighted by Crippen LogP contribution is 2.56. The molecule has 3 N–H and O–H groups in total. The predicted octanol–water partition coefficient (Wildman–Crippen LogP) is 7.78. The normalized spacial score (nSPS) is 14.0. The maximum Gasteiger partial charge on any atom is 0.142 e. The molecule has 168 valence electrons. The second kappa shape index (κ2) is 7.64. The zero-order chi connectivity index (χ0) is 23.8. The number of hydrogen-bond acceptors (Lipinski definition) is 4. The van der Waals surface area contributed by atoms with Crippen molar-refractivity contribution < 1.29 is 20.1 Å². The zero-order valence-corrected chi connectivity index (χ0v) is 22.2. The summed E-state index contributed by atoms with van der Waals surface area (Å²) in [5.41, 5.74) is 2.36. The van der Waals surface area contributed by atoms with Crippen LogP contribution in [0.25, 0.3) is 21.5 Å². The minimum Gasteiger partial charge on any atom is -0.508 e. The Hall–Kier alpha value is -2.72. The van der Waals surface area contributed by atoms with Crippen LogP contribution in [0.3, 0.4) is 0 Å². The third-order valence-corrected chi connectivity index (χ3v) is 8.39. The van der Waals surface area contributed by atoms with Crippen molar-refractivity contribution in [3.05, 3.63) is 96.6 Å². The van der Waals surface area contributed by atoms with Gasteiger partial charge in [-0.2, -0.15) is 0 Å². The van der Waals surface area contributed by atoms with E-state index in [0.29, 0.717) is 0 Å². The van der Waals surface area contributed by atoms with E-state index in [1.165, 1.54) is 0 Å². The molecule has 0 unspecified atom stereocenters. The molecule has 0 bridgehead atoms. The smallest absolute Gasteiger partial charge is 0.142 e. The van der Waals surface area contributed by atoms with E-state index in [-0.39, 0.29) is 17.2 Å². The molecule has 6 heteroatoms. The van der Waals surface area contributed by atoms with Gasteiger partial charge in [-0.05, 0) is 128 Å². The summed E-state index contributed by atoms with van der Waals surface area (Å²) in [6.45, 7) is 2.18. The van der Waals surface area contributed by atoms with Gasteiger partial charge in [0.25, 0.3) is 0 Å². The Balaban J connectivity index is 1.81. The van der Waals surface area contributed by atoms with E-state index in [1.807, 2.05) is 48.5 Å². The standard InChI is InChI=1S/C28H18I2O4/c1-28(16-12-21(29)27(33)22(30)13-16)25-19-6-4-17(31)10-14(19)2-8-23(25)34-24-9-3-15-11-18(32)5-7-20(15)26(24)28/h2-13,31-33H,1H3. The molecule has 1 aliphatic rings. The van der Waals surface area contributed by atoms with Crippen LogP contribution >= 0.6 is 45.2 Å². The second-order valence-corrected chi connectivity index (χ2v) is 11.0. The molecule has 0 atom stereocenters. The van der Waals surface area contributed by atoms with Crippen molar-refractivity contribution in [3.63, 3.8) is 0 Å². The summed E-state index contributed by atoms with van der Waals surface area (Å²) in [4.78, 5) is 0. The van der Waals surface area contributed by atoms with Crippen LogP contribution in [-0.4, -0.2) is 15.3 Å². The number of aromatic hydroxyl groups is 3. The number of hydrogen-bond donors (Lipinski definition) is 3. The Morgan fingerprint density at radius 3 is 1.59 bits per heavy atom. The highest BCUT2D eigenvalue weighted by atomic mass is 127. The average Bonchev–Trinajstić information content (AvgIpc) is 2.81. The van der Waals surface area contributed by atoms with Gasteiger partial charge in [-0.15, -0.1) is 0 Å². The van der Waals surface area contributed by atoms with Crippen molar-refractivity contribution in [1.29, 1.82) is 0 Å². The topological polar surface area (TPSA) is 69.9 Å². The van der Waals surface area contributed by atoms with E-state index in [1.54, 1.807) is 24.3 Å². The number of benzene rings is 5. The molecule has 0 aliphatic carbocycles. The van der Waals surface area contributed by atoms with Crippen LogP contribution < -0.4 is 4.74 Å². The Bertz CT molecular complexity index is 1540. The summed E-state index contributed by atoms with van der Waals surface area (Å²) in [6.07, 6.45) is 0. The van der Waals surface area contributed by atoms with E-state index in [4.69, 9.17) is 4.74 Å². The lowest BCUT2D eigenvalue weighted by Crippen LogP contribution is -2.30. The van der Waals surface area contributed by atoms with Gasteiger partial charge in [0, 0.05) is 11.1 Å². The number of halogens is 2. The highest BCUT2D eigenvalue weighted by Gasteiger charge is 2.43. The lowest BCUT2D eigenvalue weighted by atomic mass is 9.66. The largest absolute Gasteiger partial charge is 0.508 e. The molecule has 1 heterocycles. The van der Waals surface area contributed by atoms with Gasteiger partial charge in [0.2, 0.25) is 0 Å². The van der Waals surface area contributed by atoms with Gasteiger partial charge < -0.3 is 20.1 Å². The van der Waals surface area contributed by atoms with Crippen LogP contribution in [-0.2, 0) is 5.41 Å². The first-order valence-corrected chi connectivity index (χ1v) is 12.8. The summed E-state index contributed by atoms with van der Waals surface area (Å²) in [5.74, 6) is 2.20. The van der Waals surface area contributed by atoms with Gasteiger partial charge in [-0.3, -0.25) is 0 Å². The molecule has 0 aromatic heterocycles. The molecule has 34 heavy (non-hydrogen) atoms. The van der Waals surface area contributed by atoms with E-state index in [0.717, 1.165) is 56.9 Å². The molecule has 0 spiro atoms. The highest BCUT2D eigenvalue weighted by molar-refractivity contribution is 14.1. The number of ether oxygens (including phenoxy) is 1. The molecule has 0 fully saturated rings. The molecule has 1 aliphatic heterocycles. The molecule has 4 nitrogen and oxygen atoms in total. The molecule has 6 rings (SSSR count). The van der Waals surface area contributed by atoms with Crippen molar-refractivity contribution in [2.45, 2.75) is 12.3 Å². The fourth-order valence-corrected chi connectivity index (χ4v) is 6.95. The molecule has 0 radical (unpaired) electrons. The maximum atomic E-state index is 10.5. The first-order chi connectivity index (χ1) is 16.3. The zero-order valence-electron chi connectivity index (χ0n) is 17.9. The average molecular weight is 672 g/mol. The fourth-order valence-electron chi connectivity index (χ4n) is 5.18. The minimum absolute atomic E-state index is 0.209.